The van der Waals surface area contributed by atoms with Crippen LogP contribution in [0, 0.1) is 5.82 Å². The molecule has 0 aliphatic rings. The summed E-state index contributed by atoms with van der Waals surface area (Å²) in [5.74, 6) is -0.648. The number of hydrogen-bond acceptors (Lipinski definition) is 2. The van der Waals surface area contributed by atoms with Crippen molar-refractivity contribution in [1.29, 1.82) is 0 Å². The molecule has 0 aliphatic heterocycles. The van der Waals surface area contributed by atoms with Crippen LogP contribution in [0.25, 0.3) is 0 Å². The number of carbonyl (C=O) groups is 1. The highest BCUT2D eigenvalue weighted by Gasteiger charge is 2.10. The summed E-state index contributed by atoms with van der Waals surface area (Å²) in [6.45, 7) is 0.139. The zero-order valence-electron chi connectivity index (χ0n) is 9.90. The summed E-state index contributed by atoms with van der Waals surface area (Å²) in [4.78, 5) is 11.3. The van der Waals surface area contributed by atoms with Crippen LogP contribution in [0.4, 0.5) is 4.39 Å². The molecule has 5 heteroatoms. The van der Waals surface area contributed by atoms with Gasteiger partial charge in [0.1, 0.15) is 18.2 Å². The first-order valence-corrected chi connectivity index (χ1v) is 5.90. The maximum Gasteiger partial charge on any atom is 0.252 e. The van der Waals surface area contributed by atoms with Gasteiger partial charge in [-0.2, -0.15) is 0 Å². The molecule has 0 saturated carbocycles. The first-order chi connectivity index (χ1) is 9.06. The van der Waals surface area contributed by atoms with Crippen molar-refractivity contribution in [3.8, 4) is 5.75 Å². The van der Waals surface area contributed by atoms with Crippen molar-refractivity contribution in [2.24, 2.45) is 5.73 Å². The molecule has 0 atom stereocenters. The molecule has 2 aromatic rings. The lowest BCUT2D eigenvalue weighted by atomic mass is 10.2. The highest BCUT2D eigenvalue weighted by molar-refractivity contribution is 6.31. The number of halogens is 2. The molecular formula is C14H11ClFNO2. The van der Waals surface area contributed by atoms with E-state index in [-0.39, 0.29) is 18.0 Å². The van der Waals surface area contributed by atoms with Gasteiger partial charge in [0.25, 0.3) is 5.91 Å². The molecule has 0 bridgehead atoms. The Morgan fingerprint density at radius 3 is 2.74 bits per heavy atom. The molecule has 0 fully saturated rings. The van der Waals surface area contributed by atoms with Gasteiger partial charge >= 0.3 is 0 Å². The van der Waals surface area contributed by atoms with E-state index >= 15 is 0 Å². The summed E-state index contributed by atoms with van der Waals surface area (Å²) < 4.78 is 18.5. The summed E-state index contributed by atoms with van der Waals surface area (Å²) in [7, 11) is 0. The quantitative estimate of drug-likeness (QED) is 0.935. The Kier molecular flexibility index (Phi) is 4.02. The second-order valence-corrected chi connectivity index (χ2v) is 4.36. The Bertz CT molecular complexity index is 616. The Labute approximate surface area is 114 Å². The molecule has 0 radical (unpaired) electrons. The summed E-state index contributed by atoms with van der Waals surface area (Å²) in [5.41, 5.74) is 6.09. The molecule has 2 aromatic carbocycles. The van der Waals surface area contributed by atoms with Gasteiger partial charge in [0, 0.05) is 5.02 Å². The maximum absolute atomic E-state index is 13.0. The van der Waals surface area contributed by atoms with Crippen molar-refractivity contribution in [3.63, 3.8) is 0 Å². The predicted octanol–water partition coefficient (Wildman–Crippen LogP) is 3.16. The van der Waals surface area contributed by atoms with Gasteiger partial charge < -0.3 is 10.5 Å². The van der Waals surface area contributed by atoms with Gasteiger partial charge in [0.2, 0.25) is 0 Å². The Morgan fingerprint density at radius 1 is 1.26 bits per heavy atom. The van der Waals surface area contributed by atoms with Crippen molar-refractivity contribution in [1.82, 2.24) is 0 Å². The lowest BCUT2D eigenvalue weighted by Gasteiger charge is -2.10. The molecule has 0 spiro atoms. The van der Waals surface area contributed by atoms with Crippen molar-refractivity contribution in [2.45, 2.75) is 6.61 Å². The third-order valence-electron chi connectivity index (χ3n) is 2.49. The van der Waals surface area contributed by atoms with Crippen LogP contribution in [0.5, 0.6) is 5.75 Å². The largest absolute Gasteiger partial charge is 0.488 e. The SMILES string of the molecule is NC(=O)c1cc(Cl)ccc1OCc1cccc(F)c1. The molecule has 98 valence electrons. The third kappa shape index (κ3) is 3.45. The Balaban J connectivity index is 2.17. The summed E-state index contributed by atoms with van der Waals surface area (Å²) in [6, 6.07) is 10.6. The Morgan fingerprint density at radius 2 is 2.05 bits per heavy atom. The molecule has 1 amide bonds. The number of ether oxygens (including phenoxy) is 1. The van der Waals surface area contributed by atoms with E-state index in [0.717, 1.165) is 0 Å². The van der Waals surface area contributed by atoms with E-state index in [4.69, 9.17) is 22.1 Å². The van der Waals surface area contributed by atoms with E-state index in [0.29, 0.717) is 16.3 Å². The summed E-state index contributed by atoms with van der Waals surface area (Å²) in [6.07, 6.45) is 0. The zero-order valence-corrected chi connectivity index (χ0v) is 10.7. The molecule has 0 saturated heterocycles. The number of benzene rings is 2. The minimum atomic E-state index is -0.628. The van der Waals surface area contributed by atoms with Crippen LogP contribution in [0.1, 0.15) is 15.9 Å². The Hall–Kier alpha value is -2.07. The van der Waals surface area contributed by atoms with Crippen LogP contribution < -0.4 is 10.5 Å². The van der Waals surface area contributed by atoms with E-state index in [1.54, 1.807) is 24.3 Å². The number of nitrogens with two attached hydrogens (primary N) is 1. The molecule has 2 N–H and O–H groups in total. The van der Waals surface area contributed by atoms with E-state index < -0.39 is 5.91 Å². The molecule has 0 heterocycles. The third-order valence-corrected chi connectivity index (χ3v) is 2.73. The first kappa shape index (κ1) is 13.4. The summed E-state index contributed by atoms with van der Waals surface area (Å²) >= 11 is 5.79. The van der Waals surface area contributed by atoms with Crippen molar-refractivity contribution >= 4 is 17.5 Å². The van der Waals surface area contributed by atoms with Crippen molar-refractivity contribution in [2.75, 3.05) is 0 Å². The number of carbonyl (C=O) groups excluding carboxylic acids is 1. The zero-order chi connectivity index (χ0) is 13.8. The van der Waals surface area contributed by atoms with Gasteiger partial charge in [-0.05, 0) is 35.9 Å². The van der Waals surface area contributed by atoms with Gasteiger partial charge in [-0.25, -0.2) is 4.39 Å². The van der Waals surface area contributed by atoms with Crippen LogP contribution in [-0.2, 0) is 6.61 Å². The van der Waals surface area contributed by atoms with Crippen LogP contribution in [0.15, 0.2) is 42.5 Å². The van der Waals surface area contributed by atoms with Crippen molar-refractivity contribution < 1.29 is 13.9 Å². The fourth-order valence-corrected chi connectivity index (χ4v) is 1.78. The number of hydrogen-bond donors (Lipinski definition) is 1. The number of amides is 1. The molecule has 19 heavy (non-hydrogen) atoms. The molecule has 3 nitrogen and oxygen atoms in total. The lowest BCUT2D eigenvalue weighted by Crippen LogP contribution is -2.13. The highest BCUT2D eigenvalue weighted by atomic mass is 35.5. The molecule has 0 unspecified atom stereocenters. The van der Waals surface area contributed by atoms with Crippen LogP contribution in [-0.4, -0.2) is 5.91 Å². The normalized spacial score (nSPS) is 10.2. The average Bonchev–Trinajstić information content (AvgIpc) is 2.37. The van der Waals surface area contributed by atoms with Crippen LogP contribution >= 0.6 is 11.6 Å². The standard InChI is InChI=1S/C14H11ClFNO2/c15-10-4-5-13(12(7-10)14(17)18)19-8-9-2-1-3-11(16)6-9/h1-7H,8H2,(H2,17,18). The second kappa shape index (κ2) is 5.71. The fraction of sp³-hybridized carbons (Fsp3) is 0.0714. The van der Waals surface area contributed by atoms with Crippen LogP contribution in [0.2, 0.25) is 5.02 Å². The second-order valence-electron chi connectivity index (χ2n) is 3.92. The monoisotopic (exact) mass is 279 g/mol. The molecular weight excluding hydrogens is 269 g/mol. The molecule has 0 aliphatic carbocycles. The number of primary amides is 1. The highest BCUT2D eigenvalue weighted by Crippen LogP contribution is 2.23. The maximum atomic E-state index is 13.0. The lowest BCUT2D eigenvalue weighted by molar-refractivity contribution is 0.0996. The van der Waals surface area contributed by atoms with E-state index in [2.05, 4.69) is 0 Å². The molecule has 2 rings (SSSR count). The average molecular weight is 280 g/mol. The van der Waals surface area contributed by atoms with Crippen molar-refractivity contribution in [3.05, 3.63) is 64.4 Å². The predicted molar refractivity (Wildman–Crippen MR) is 70.7 cm³/mol. The van der Waals surface area contributed by atoms with Gasteiger partial charge in [0.15, 0.2) is 0 Å². The van der Waals surface area contributed by atoms with Crippen LogP contribution in [0.3, 0.4) is 0 Å². The van der Waals surface area contributed by atoms with E-state index in [9.17, 15) is 9.18 Å². The minimum absolute atomic E-state index is 0.139. The van der Waals surface area contributed by atoms with Gasteiger partial charge in [-0.15, -0.1) is 0 Å². The molecule has 0 aromatic heterocycles. The topological polar surface area (TPSA) is 52.3 Å². The van der Waals surface area contributed by atoms with E-state index in [1.807, 2.05) is 0 Å². The van der Waals surface area contributed by atoms with Gasteiger partial charge in [-0.1, -0.05) is 23.7 Å². The number of rotatable bonds is 4. The van der Waals surface area contributed by atoms with E-state index in [1.165, 1.54) is 18.2 Å². The fourth-order valence-electron chi connectivity index (χ4n) is 1.61. The van der Waals surface area contributed by atoms with Gasteiger partial charge in [0.05, 0.1) is 5.56 Å². The minimum Gasteiger partial charge on any atom is -0.488 e. The summed E-state index contributed by atoms with van der Waals surface area (Å²) in [5, 5.41) is 0.395. The smallest absolute Gasteiger partial charge is 0.252 e. The first-order valence-electron chi connectivity index (χ1n) is 5.53. The van der Waals surface area contributed by atoms with Gasteiger partial charge in [-0.3, -0.25) is 4.79 Å².